The van der Waals surface area contributed by atoms with Crippen molar-refractivity contribution >= 4 is 11.5 Å². The van der Waals surface area contributed by atoms with Crippen molar-refractivity contribution in [2.24, 2.45) is 0 Å². The third kappa shape index (κ3) is 2.59. The van der Waals surface area contributed by atoms with Crippen LogP contribution in [0.25, 0.3) is 0 Å². The zero-order valence-electron chi connectivity index (χ0n) is 7.77. The number of nitrogens with two attached hydrogens (primary N) is 1. The van der Waals surface area contributed by atoms with Gasteiger partial charge in [0.2, 0.25) is 0 Å². The van der Waals surface area contributed by atoms with Crippen molar-refractivity contribution in [3.8, 4) is 0 Å². The van der Waals surface area contributed by atoms with E-state index in [9.17, 15) is 0 Å². The van der Waals surface area contributed by atoms with Gasteiger partial charge >= 0.3 is 0 Å². The fourth-order valence-electron chi connectivity index (χ4n) is 1.22. The van der Waals surface area contributed by atoms with Crippen LogP contribution in [-0.2, 0) is 0 Å². The highest BCUT2D eigenvalue weighted by atomic mass is 16.3. The molecule has 0 amide bonds. The van der Waals surface area contributed by atoms with Gasteiger partial charge in [0, 0.05) is 31.0 Å². The van der Waals surface area contributed by atoms with Gasteiger partial charge in [-0.15, -0.1) is 0 Å². The Morgan fingerprint density at radius 3 is 2.92 bits per heavy atom. The highest BCUT2D eigenvalue weighted by Gasteiger charge is 2.02. The summed E-state index contributed by atoms with van der Waals surface area (Å²) < 4.78 is 0. The number of hydrogen-bond acceptors (Lipinski definition) is 4. The quantitative estimate of drug-likeness (QED) is 0.709. The summed E-state index contributed by atoms with van der Waals surface area (Å²) in [6.45, 7) is 3.66. The third-order valence-corrected chi connectivity index (χ3v) is 1.88. The minimum atomic E-state index is 0.149. The lowest BCUT2D eigenvalue weighted by atomic mass is 10.3. The lowest BCUT2D eigenvalue weighted by molar-refractivity contribution is 0.302. The molecule has 0 bridgehead atoms. The highest BCUT2D eigenvalue weighted by molar-refractivity contribution is 5.51. The van der Waals surface area contributed by atoms with Crippen LogP contribution in [0.2, 0.25) is 0 Å². The molecule has 0 aliphatic heterocycles. The molecule has 1 aromatic heterocycles. The largest absolute Gasteiger partial charge is 0.395 e. The van der Waals surface area contributed by atoms with Crippen molar-refractivity contribution in [3.63, 3.8) is 0 Å². The van der Waals surface area contributed by atoms with E-state index in [1.165, 1.54) is 0 Å². The molecule has 0 aliphatic rings. The van der Waals surface area contributed by atoms with Crippen molar-refractivity contribution in [1.82, 2.24) is 4.98 Å². The second-order valence-corrected chi connectivity index (χ2v) is 2.74. The molecule has 0 radical (unpaired) electrons. The van der Waals surface area contributed by atoms with Crippen molar-refractivity contribution in [3.05, 3.63) is 18.3 Å². The Morgan fingerprint density at radius 1 is 1.62 bits per heavy atom. The van der Waals surface area contributed by atoms with E-state index in [-0.39, 0.29) is 6.61 Å². The van der Waals surface area contributed by atoms with Crippen molar-refractivity contribution in [1.29, 1.82) is 0 Å². The lowest BCUT2D eigenvalue weighted by Gasteiger charge is -2.21. The van der Waals surface area contributed by atoms with E-state index in [1.807, 2.05) is 17.9 Å². The van der Waals surface area contributed by atoms with Gasteiger partial charge in [-0.2, -0.15) is 0 Å². The van der Waals surface area contributed by atoms with Crippen molar-refractivity contribution in [2.75, 3.05) is 30.3 Å². The number of aliphatic hydroxyl groups is 1. The van der Waals surface area contributed by atoms with Crippen LogP contribution in [0.3, 0.4) is 0 Å². The molecule has 3 N–H and O–H groups in total. The number of hydrogen-bond donors (Lipinski definition) is 2. The summed E-state index contributed by atoms with van der Waals surface area (Å²) in [5.41, 5.74) is 6.55. The Labute approximate surface area is 78.0 Å². The van der Waals surface area contributed by atoms with Gasteiger partial charge in [0.25, 0.3) is 0 Å². The van der Waals surface area contributed by atoms with Gasteiger partial charge in [0.1, 0.15) is 5.82 Å². The average molecular weight is 181 g/mol. The molecule has 4 nitrogen and oxygen atoms in total. The Bertz CT molecular complexity index is 265. The summed E-state index contributed by atoms with van der Waals surface area (Å²) in [5.74, 6) is 0.508. The molecular formula is C9H15N3O. The van der Waals surface area contributed by atoms with Gasteiger partial charge in [0.15, 0.2) is 0 Å². The van der Waals surface area contributed by atoms with Crippen LogP contribution in [0.1, 0.15) is 6.92 Å². The molecule has 1 aromatic rings. The normalized spacial score (nSPS) is 10.0. The Morgan fingerprint density at radius 2 is 2.38 bits per heavy atom. The average Bonchev–Trinajstić information content (AvgIpc) is 2.14. The molecule has 0 aliphatic carbocycles. The summed E-state index contributed by atoms with van der Waals surface area (Å²) >= 11 is 0. The maximum Gasteiger partial charge on any atom is 0.125 e. The smallest absolute Gasteiger partial charge is 0.125 e. The molecule has 1 heterocycles. The van der Waals surface area contributed by atoms with E-state index in [4.69, 9.17) is 10.8 Å². The second kappa shape index (κ2) is 4.67. The van der Waals surface area contributed by atoms with Crippen molar-refractivity contribution < 1.29 is 5.11 Å². The summed E-state index contributed by atoms with van der Waals surface area (Å²) in [7, 11) is 0. The SMILES string of the molecule is CCN(CCO)c1ccnc(N)c1. The van der Waals surface area contributed by atoms with Gasteiger partial charge in [-0.1, -0.05) is 0 Å². The molecule has 4 heteroatoms. The first-order valence-corrected chi connectivity index (χ1v) is 4.35. The number of likely N-dealkylation sites (N-methyl/N-ethyl adjacent to an activating group) is 1. The van der Waals surface area contributed by atoms with Crippen LogP contribution in [0, 0.1) is 0 Å². The molecule has 1 rings (SSSR count). The zero-order valence-corrected chi connectivity index (χ0v) is 7.77. The molecule has 0 saturated heterocycles. The Kier molecular flexibility index (Phi) is 3.52. The van der Waals surface area contributed by atoms with Crippen LogP contribution >= 0.6 is 0 Å². The van der Waals surface area contributed by atoms with E-state index >= 15 is 0 Å². The number of rotatable bonds is 4. The van der Waals surface area contributed by atoms with Crippen LogP contribution in [-0.4, -0.2) is 29.8 Å². The fraction of sp³-hybridized carbons (Fsp3) is 0.444. The van der Waals surface area contributed by atoms with E-state index in [0.717, 1.165) is 12.2 Å². The molecule has 0 saturated carbocycles. The second-order valence-electron chi connectivity index (χ2n) is 2.74. The molecule has 0 spiro atoms. The summed E-state index contributed by atoms with van der Waals surface area (Å²) in [6.07, 6.45) is 1.67. The standard InChI is InChI=1S/C9H15N3O/c1-2-12(5-6-13)8-3-4-11-9(10)7-8/h3-4,7,13H,2,5-6H2,1H3,(H2,10,11). The zero-order chi connectivity index (χ0) is 9.68. The number of nitrogens with zero attached hydrogens (tertiary/aromatic N) is 2. The summed E-state index contributed by atoms with van der Waals surface area (Å²) in [6, 6.07) is 3.69. The van der Waals surface area contributed by atoms with Crippen LogP contribution in [0.15, 0.2) is 18.3 Å². The van der Waals surface area contributed by atoms with Gasteiger partial charge < -0.3 is 15.7 Å². The monoisotopic (exact) mass is 181 g/mol. The number of pyridine rings is 1. The van der Waals surface area contributed by atoms with E-state index in [2.05, 4.69) is 4.98 Å². The minimum absolute atomic E-state index is 0.149. The predicted molar refractivity (Wildman–Crippen MR) is 53.6 cm³/mol. The van der Waals surface area contributed by atoms with E-state index in [0.29, 0.717) is 12.4 Å². The maximum absolute atomic E-state index is 8.81. The minimum Gasteiger partial charge on any atom is -0.395 e. The van der Waals surface area contributed by atoms with Crippen molar-refractivity contribution in [2.45, 2.75) is 6.92 Å². The first-order valence-electron chi connectivity index (χ1n) is 4.35. The lowest BCUT2D eigenvalue weighted by Crippen LogP contribution is -2.26. The molecule has 13 heavy (non-hydrogen) atoms. The molecule has 72 valence electrons. The topological polar surface area (TPSA) is 62.4 Å². The maximum atomic E-state index is 8.81. The van der Waals surface area contributed by atoms with Crippen LogP contribution in [0.5, 0.6) is 0 Å². The first kappa shape index (κ1) is 9.80. The Balaban J connectivity index is 2.78. The molecule has 0 aromatic carbocycles. The third-order valence-electron chi connectivity index (χ3n) is 1.88. The molecule has 0 fully saturated rings. The Hall–Kier alpha value is -1.29. The van der Waals surface area contributed by atoms with Gasteiger partial charge in [-0.25, -0.2) is 4.98 Å². The molecular weight excluding hydrogens is 166 g/mol. The van der Waals surface area contributed by atoms with Gasteiger partial charge in [-0.05, 0) is 13.0 Å². The van der Waals surface area contributed by atoms with Crippen LogP contribution in [0.4, 0.5) is 11.5 Å². The molecule has 0 atom stereocenters. The van der Waals surface area contributed by atoms with Crippen LogP contribution < -0.4 is 10.6 Å². The van der Waals surface area contributed by atoms with Gasteiger partial charge in [-0.3, -0.25) is 0 Å². The van der Waals surface area contributed by atoms with E-state index in [1.54, 1.807) is 12.3 Å². The summed E-state index contributed by atoms with van der Waals surface area (Å²) in [5, 5.41) is 8.81. The van der Waals surface area contributed by atoms with E-state index < -0.39 is 0 Å². The number of aromatic nitrogens is 1. The van der Waals surface area contributed by atoms with Gasteiger partial charge in [0.05, 0.1) is 6.61 Å². The number of aliphatic hydroxyl groups excluding tert-OH is 1. The number of anilines is 2. The predicted octanol–water partition coefficient (Wildman–Crippen LogP) is 0.482. The summed E-state index contributed by atoms with van der Waals surface area (Å²) in [4.78, 5) is 5.94. The highest BCUT2D eigenvalue weighted by Crippen LogP contribution is 2.14. The first-order chi connectivity index (χ1) is 6.27. The fourth-order valence-corrected chi connectivity index (χ4v) is 1.22. The number of nitrogen functional groups attached to an aromatic ring is 1. The molecule has 0 unspecified atom stereocenters.